The molecule has 0 aliphatic carbocycles. The fourth-order valence-electron chi connectivity index (χ4n) is 2.44. The molecule has 7 nitrogen and oxygen atoms in total. The predicted molar refractivity (Wildman–Crippen MR) is 112 cm³/mol. The molecule has 1 atom stereocenters. The van der Waals surface area contributed by atoms with E-state index in [2.05, 4.69) is 5.32 Å². The Morgan fingerprint density at radius 3 is 2.10 bits per heavy atom. The zero-order valence-electron chi connectivity index (χ0n) is 16.1. The van der Waals surface area contributed by atoms with Crippen LogP contribution in [0.1, 0.15) is 40.1 Å². The first-order valence-electron chi connectivity index (χ1n) is 8.95. The fraction of sp³-hybridized carbons (Fsp3) is 0.238. The van der Waals surface area contributed by atoms with Gasteiger partial charge in [-0.25, -0.2) is 4.79 Å². The van der Waals surface area contributed by atoms with E-state index in [1.54, 1.807) is 62.4 Å². The van der Waals surface area contributed by atoms with Crippen molar-refractivity contribution in [3.05, 3.63) is 65.2 Å². The summed E-state index contributed by atoms with van der Waals surface area (Å²) >= 11 is 4.88. The number of ketones is 1. The number of rotatable bonds is 9. The number of amides is 1. The van der Waals surface area contributed by atoms with Crippen LogP contribution < -0.4 is 15.8 Å². The molecule has 0 aliphatic heterocycles. The van der Waals surface area contributed by atoms with Crippen molar-refractivity contribution >= 4 is 34.9 Å². The summed E-state index contributed by atoms with van der Waals surface area (Å²) in [5.41, 5.74) is 7.00. The first-order chi connectivity index (χ1) is 13.8. The lowest BCUT2D eigenvalue weighted by Gasteiger charge is -2.14. The quantitative estimate of drug-likeness (QED) is 0.368. The second-order valence-electron chi connectivity index (χ2n) is 6.12. The van der Waals surface area contributed by atoms with Gasteiger partial charge in [0.2, 0.25) is 0 Å². The van der Waals surface area contributed by atoms with E-state index in [9.17, 15) is 14.4 Å². The van der Waals surface area contributed by atoms with Gasteiger partial charge in [-0.3, -0.25) is 9.59 Å². The molecule has 0 heterocycles. The number of ether oxygens (including phenoxy) is 2. The average molecular weight is 414 g/mol. The van der Waals surface area contributed by atoms with E-state index < -0.39 is 12.0 Å². The largest absolute Gasteiger partial charge is 0.482 e. The Balaban J connectivity index is 1.94. The third kappa shape index (κ3) is 6.39. The molecule has 0 aromatic heterocycles. The Morgan fingerprint density at radius 1 is 1.00 bits per heavy atom. The summed E-state index contributed by atoms with van der Waals surface area (Å²) in [4.78, 5) is 36.4. The Kier molecular flexibility index (Phi) is 7.85. The Hall–Kier alpha value is -3.26. The highest BCUT2D eigenvalue weighted by Gasteiger charge is 2.18. The van der Waals surface area contributed by atoms with E-state index in [-0.39, 0.29) is 29.9 Å². The summed E-state index contributed by atoms with van der Waals surface area (Å²) in [7, 11) is 0. The van der Waals surface area contributed by atoms with Crippen LogP contribution in [0, 0.1) is 0 Å². The second-order valence-corrected chi connectivity index (χ2v) is 6.56. The van der Waals surface area contributed by atoms with Crippen LogP contribution in [0.5, 0.6) is 5.75 Å². The molecule has 0 saturated carbocycles. The van der Waals surface area contributed by atoms with E-state index in [1.807, 2.05) is 0 Å². The lowest BCUT2D eigenvalue weighted by atomic mass is 10.0. The minimum atomic E-state index is -0.732. The number of Topliss-reactive ketones (excluding diaryl/α,β-unsaturated/α-hetero) is 1. The molecule has 1 amide bonds. The van der Waals surface area contributed by atoms with Crippen molar-refractivity contribution in [2.75, 3.05) is 13.2 Å². The summed E-state index contributed by atoms with van der Waals surface area (Å²) < 4.78 is 10.1. The SMILES string of the molecule is CCOC(=O)COc1ccc(C(=O)C(C)NC(=O)c2ccc(C(N)=S)cc2)cc1. The van der Waals surface area contributed by atoms with Gasteiger partial charge < -0.3 is 20.5 Å². The van der Waals surface area contributed by atoms with Crippen molar-refractivity contribution in [1.29, 1.82) is 0 Å². The molecule has 2 aromatic rings. The minimum Gasteiger partial charge on any atom is -0.482 e. The standard InChI is InChI=1S/C21H22N2O5S/c1-3-27-18(24)12-28-17-10-8-14(9-11-17)19(25)13(2)23-21(26)16-6-4-15(5-7-16)20(22)29/h4-11,13H,3,12H2,1-2H3,(H2,22,29)(H,23,26). The highest BCUT2D eigenvalue weighted by atomic mass is 32.1. The van der Waals surface area contributed by atoms with Crippen molar-refractivity contribution in [3.8, 4) is 5.75 Å². The number of hydrogen-bond acceptors (Lipinski definition) is 6. The monoisotopic (exact) mass is 414 g/mol. The normalized spacial score (nSPS) is 11.2. The third-order valence-electron chi connectivity index (χ3n) is 3.97. The highest BCUT2D eigenvalue weighted by Crippen LogP contribution is 2.14. The van der Waals surface area contributed by atoms with Crippen LogP contribution >= 0.6 is 12.2 Å². The molecule has 0 fully saturated rings. The van der Waals surface area contributed by atoms with Crippen LogP contribution in [-0.2, 0) is 9.53 Å². The van der Waals surface area contributed by atoms with E-state index in [4.69, 9.17) is 27.4 Å². The van der Waals surface area contributed by atoms with Crippen LogP contribution in [-0.4, -0.2) is 41.9 Å². The van der Waals surface area contributed by atoms with Crippen LogP contribution in [0.25, 0.3) is 0 Å². The number of carbonyl (C=O) groups is 3. The van der Waals surface area contributed by atoms with Crippen LogP contribution in [0.4, 0.5) is 0 Å². The molecule has 0 radical (unpaired) electrons. The molecule has 3 N–H and O–H groups in total. The van der Waals surface area contributed by atoms with Gasteiger partial charge >= 0.3 is 5.97 Å². The second kappa shape index (κ2) is 10.3. The maximum absolute atomic E-state index is 12.6. The van der Waals surface area contributed by atoms with Gasteiger partial charge in [0, 0.05) is 16.7 Å². The first kappa shape index (κ1) is 22.0. The van der Waals surface area contributed by atoms with Gasteiger partial charge in [0.15, 0.2) is 12.4 Å². The molecule has 29 heavy (non-hydrogen) atoms. The van der Waals surface area contributed by atoms with Gasteiger partial charge in [-0.15, -0.1) is 0 Å². The number of benzene rings is 2. The first-order valence-corrected chi connectivity index (χ1v) is 9.36. The molecule has 2 aromatic carbocycles. The third-order valence-corrected chi connectivity index (χ3v) is 4.21. The number of hydrogen-bond donors (Lipinski definition) is 2. The molecule has 1 unspecified atom stereocenters. The maximum atomic E-state index is 12.6. The molecule has 8 heteroatoms. The number of esters is 1. The van der Waals surface area contributed by atoms with Crippen molar-refractivity contribution in [3.63, 3.8) is 0 Å². The van der Waals surface area contributed by atoms with E-state index in [0.717, 1.165) is 0 Å². The minimum absolute atomic E-state index is 0.207. The molecule has 2 rings (SSSR count). The van der Waals surface area contributed by atoms with Gasteiger partial charge in [-0.2, -0.15) is 0 Å². The summed E-state index contributed by atoms with van der Waals surface area (Å²) in [6.07, 6.45) is 0. The Labute approximate surface area is 174 Å². The zero-order valence-corrected chi connectivity index (χ0v) is 17.0. The summed E-state index contributed by atoms with van der Waals surface area (Å²) in [5.74, 6) is -0.667. The van der Waals surface area contributed by atoms with Gasteiger partial charge in [-0.1, -0.05) is 24.4 Å². The predicted octanol–water partition coefficient (Wildman–Crippen LogP) is 2.26. The summed E-state index contributed by atoms with van der Waals surface area (Å²) in [6.45, 7) is 3.39. The molecule has 0 saturated heterocycles. The number of nitrogens with two attached hydrogens (primary N) is 1. The molecule has 0 aliphatic rings. The molecule has 0 spiro atoms. The van der Waals surface area contributed by atoms with E-state index in [1.165, 1.54) is 0 Å². The van der Waals surface area contributed by atoms with E-state index >= 15 is 0 Å². The fourth-order valence-corrected chi connectivity index (χ4v) is 2.58. The van der Waals surface area contributed by atoms with Crippen LogP contribution in [0.3, 0.4) is 0 Å². The topological polar surface area (TPSA) is 108 Å². The molecular weight excluding hydrogens is 392 g/mol. The van der Waals surface area contributed by atoms with Gasteiger partial charge in [0.1, 0.15) is 10.7 Å². The lowest BCUT2D eigenvalue weighted by Crippen LogP contribution is -2.38. The van der Waals surface area contributed by atoms with Crippen molar-refractivity contribution in [2.24, 2.45) is 5.73 Å². The molecule has 0 bridgehead atoms. The van der Waals surface area contributed by atoms with Crippen LogP contribution in [0.2, 0.25) is 0 Å². The van der Waals surface area contributed by atoms with Gasteiger partial charge in [0.25, 0.3) is 5.91 Å². The van der Waals surface area contributed by atoms with Gasteiger partial charge in [-0.05, 0) is 50.2 Å². The average Bonchev–Trinajstić information content (AvgIpc) is 2.72. The zero-order chi connectivity index (χ0) is 21.4. The van der Waals surface area contributed by atoms with Gasteiger partial charge in [0.05, 0.1) is 12.6 Å². The van der Waals surface area contributed by atoms with Crippen molar-refractivity contribution in [2.45, 2.75) is 19.9 Å². The van der Waals surface area contributed by atoms with Crippen molar-refractivity contribution < 1.29 is 23.9 Å². The number of nitrogens with one attached hydrogen (secondary N) is 1. The maximum Gasteiger partial charge on any atom is 0.344 e. The smallest absolute Gasteiger partial charge is 0.344 e. The summed E-state index contributed by atoms with van der Waals surface area (Å²) in [5, 5.41) is 2.67. The Morgan fingerprint density at radius 2 is 1.55 bits per heavy atom. The summed E-state index contributed by atoms with van der Waals surface area (Å²) in [6, 6.07) is 12.1. The number of thiocarbonyl (C=S) groups is 1. The molecule has 152 valence electrons. The lowest BCUT2D eigenvalue weighted by molar-refractivity contribution is -0.145. The number of carbonyl (C=O) groups excluding carboxylic acids is 3. The van der Waals surface area contributed by atoms with Crippen LogP contribution in [0.15, 0.2) is 48.5 Å². The van der Waals surface area contributed by atoms with Crippen molar-refractivity contribution in [1.82, 2.24) is 5.32 Å². The molecular formula is C21H22N2O5S. The highest BCUT2D eigenvalue weighted by molar-refractivity contribution is 7.80. The Bertz CT molecular complexity index is 894. The van der Waals surface area contributed by atoms with E-state index in [0.29, 0.717) is 22.4 Å².